The fourth-order valence-corrected chi connectivity index (χ4v) is 1.27. The molecule has 0 spiro atoms. The van der Waals surface area contributed by atoms with Crippen molar-refractivity contribution in [1.29, 1.82) is 0 Å². The van der Waals surface area contributed by atoms with Crippen molar-refractivity contribution in [1.82, 2.24) is 10.1 Å². The first-order valence-corrected chi connectivity index (χ1v) is 4.72. The van der Waals surface area contributed by atoms with Crippen LogP contribution in [0.3, 0.4) is 0 Å². The van der Waals surface area contributed by atoms with Crippen molar-refractivity contribution < 1.29 is 9.26 Å². The SMILES string of the molecule is COc1cc(NCc2ncon2)ccc1N. The van der Waals surface area contributed by atoms with Crippen LogP contribution in [0, 0.1) is 0 Å². The van der Waals surface area contributed by atoms with E-state index in [2.05, 4.69) is 20.0 Å². The van der Waals surface area contributed by atoms with Gasteiger partial charge in [0.2, 0.25) is 6.39 Å². The summed E-state index contributed by atoms with van der Waals surface area (Å²) in [6, 6.07) is 5.45. The lowest BCUT2D eigenvalue weighted by atomic mass is 10.2. The summed E-state index contributed by atoms with van der Waals surface area (Å²) in [6.07, 6.45) is 1.29. The molecule has 6 nitrogen and oxygen atoms in total. The maximum atomic E-state index is 5.70. The average Bonchev–Trinajstić information content (AvgIpc) is 2.81. The first-order chi connectivity index (χ1) is 7.79. The summed E-state index contributed by atoms with van der Waals surface area (Å²) in [5, 5.41) is 6.82. The minimum atomic E-state index is 0.490. The van der Waals surface area contributed by atoms with Gasteiger partial charge in [-0.25, -0.2) is 0 Å². The number of nitrogens with one attached hydrogen (secondary N) is 1. The second kappa shape index (κ2) is 4.52. The van der Waals surface area contributed by atoms with Crippen molar-refractivity contribution in [2.75, 3.05) is 18.2 Å². The highest BCUT2D eigenvalue weighted by Gasteiger charge is 2.02. The molecule has 0 atom stereocenters. The van der Waals surface area contributed by atoms with Gasteiger partial charge in [0.05, 0.1) is 19.3 Å². The number of hydrogen-bond acceptors (Lipinski definition) is 6. The topological polar surface area (TPSA) is 86.2 Å². The van der Waals surface area contributed by atoms with Gasteiger partial charge >= 0.3 is 0 Å². The van der Waals surface area contributed by atoms with Crippen LogP contribution in [0.15, 0.2) is 29.1 Å². The number of ether oxygens (including phenoxy) is 1. The third-order valence-corrected chi connectivity index (χ3v) is 2.09. The summed E-state index contributed by atoms with van der Waals surface area (Å²) in [4.78, 5) is 3.90. The molecule has 0 aliphatic carbocycles. The Bertz CT molecular complexity index is 456. The van der Waals surface area contributed by atoms with Crippen molar-refractivity contribution >= 4 is 11.4 Å². The molecule has 1 heterocycles. The fraction of sp³-hybridized carbons (Fsp3) is 0.200. The summed E-state index contributed by atoms with van der Waals surface area (Å²) in [5.41, 5.74) is 7.19. The lowest BCUT2D eigenvalue weighted by Crippen LogP contribution is -2.02. The Balaban J connectivity index is 2.04. The predicted octanol–water partition coefficient (Wildman–Crippen LogP) is 1.27. The molecule has 2 rings (SSSR count). The summed E-state index contributed by atoms with van der Waals surface area (Å²) < 4.78 is 9.73. The first-order valence-electron chi connectivity index (χ1n) is 4.72. The molecule has 3 N–H and O–H groups in total. The quantitative estimate of drug-likeness (QED) is 0.754. The number of methoxy groups -OCH3 is 1. The highest BCUT2D eigenvalue weighted by molar-refractivity contribution is 5.61. The van der Waals surface area contributed by atoms with Gasteiger partial charge in [-0.05, 0) is 12.1 Å². The van der Waals surface area contributed by atoms with Crippen LogP contribution in [0.1, 0.15) is 5.82 Å². The number of rotatable bonds is 4. The van der Waals surface area contributed by atoms with Crippen LogP contribution in [-0.2, 0) is 6.54 Å². The predicted molar refractivity (Wildman–Crippen MR) is 59.0 cm³/mol. The lowest BCUT2D eigenvalue weighted by molar-refractivity contribution is 0.411. The van der Waals surface area contributed by atoms with Gasteiger partial charge in [0.1, 0.15) is 5.75 Å². The number of nitrogens with two attached hydrogens (primary N) is 1. The Morgan fingerprint density at radius 1 is 1.50 bits per heavy atom. The van der Waals surface area contributed by atoms with E-state index in [1.807, 2.05) is 12.1 Å². The van der Waals surface area contributed by atoms with Crippen molar-refractivity contribution in [2.24, 2.45) is 0 Å². The van der Waals surface area contributed by atoms with Gasteiger partial charge in [-0.3, -0.25) is 0 Å². The van der Waals surface area contributed by atoms with Crippen LogP contribution in [0.25, 0.3) is 0 Å². The third-order valence-electron chi connectivity index (χ3n) is 2.09. The Morgan fingerprint density at radius 3 is 3.06 bits per heavy atom. The number of nitrogen functional groups attached to an aromatic ring is 1. The van der Waals surface area contributed by atoms with Crippen LogP contribution in [-0.4, -0.2) is 17.3 Å². The molecule has 1 aromatic heterocycles. The van der Waals surface area contributed by atoms with Crippen molar-refractivity contribution in [3.05, 3.63) is 30.4 Å². The molecule has 6 heteroatoms. The zero-order valence-corrected chi connectivity index (χ0v) is 8.80. The van der Waals surface area contributed by atoms with E-state index in [-0.39, 0.29) is 0 Å². The highest BCUT2D eigenvalue weighted by Crippen LogP contribution is 2.24. The molecule has 0 unspecified atom stereocenters. The van der Waals surface area contributed by atoms with E-state index in [1.54, 1.807) is 13.2 Å². The number of hydrogen-bond donors (Lipinski definition) is 2. The van der Waals surface area contributed by atoms with E-state index >= 15 is 0 Å². The number of anilines is 2. The first kappa shape index (κ1) is 10.3. The third kappa shape index (κ3) is 2.22. The van der Waals surface area contributed by atoms with Gasteiger partial charge < -0.3 is 20.3 Å². The number of aromatic nitrogens is 2. The van der Waals surface area contributed by atoms with E-state index in [1.165, 1.54) is 6.39 Å². The van der Waals surface area contributed by atoms with Crippen LogP contribution >= 0.6 is 0 Å². The molecule has 0 radical (unpaired) electrons. The molecule has 0 saturated heterocycles. The normalized spacial score (nSPS) is 10.1. The molecule has 0 saturated carbocycles. The molecule has 0 aliphatic rings. The Kier molecular flexibility index (Phi) is 2.90. The molecular formula is C10H12N4O2. The largest absolute Gasteiger partial charge is 0.495 e. The molecule has 2 aromatic rings. The molecular weight excluding hydrogens is 208 g/mol. The smallest absolute Gasteiger partial charge is 0.213 e. The molecule has 0 bridgehead atoms. The van der Waals surface area contributed by atoms with E-state index in [9.17, 15) is 0 Å². The van der Waals surface area contributed by atoms with Gasteiger partial charge in [-0.2, -0.15) is 4.98 Å². The molecule has 84 valence electrons. The summed E-state index contributed by atoms with van der Waals surface area (Å²) in [7, 11) is 1.58. The lowest BCUT2D eigenvalue weighted by Gasteiger charge is -2.08. The van der Waals surface area contributed by atoms with Crippen molar-refractivity contribution in [2.45, 2.75) is 6.54 Å². The van der Waals surface area contributed by atoms with Crippen molar-refractivity contribution in [3.8, 4) is 5.75 Å². The molecule has 16 heavy (non-hydrogen) atoms. The maximum Gasteiger partial charge on any atom is 0.213 e. The Morgan fingerprint density at radius 2 is 2.38 bits per heavy atom. The fourth-order valence-electron chi connectivity index (χ4n) is 1.27. The Hall–Kier alpha value is -2.24. The molecule has 0 aliphatic heterocycles. The average molecular weight is 220 g/mol. The van der Waals surface area contributed by atoms with E-state index in [0.717, 1.165) is 5.69 Å². The van der Waals surface area contributed by atoms with Crippen LogP contribution < -0.4 is 15.8 Å². The van der Waals surface area contributed by atoms with Crippen LogP contribution in [0.5, 0.6) is 5.75 Å². The highest BCUT2D eigenvalue weighted by atomic mass is 16.5. The van der Waals surface area contributed by atoms with Gasteiger partial charge in [0.25, 0.3) is 0 Å². The van der Waals surface area contributed by atoms with Gasteiger partial charge in [-0.1, -0.05) is 5.16 Å². The standard InChI is InChI=1S/C10H12N4O2/c1-15-9-4-7(2-3-8(9)11)12-5-10-13-6-16-14-10/h2-4,6,12H,5,11H2,1H3. The molecule has 0 fully saturated rings. The second-order valence-electron chi connectivity index (χ2n) is 3.16. The summed E-state index contributed by atoms with van der Waals surface area (Å²) in [6.45, 7) is 0.490. The van der Waals surface area contributed by atoms with Gasteiger partial charge in [-0.15, -0.1) is 0 Å². The Labute approximate surface area is 92.4 Å². The van der Waals surface area contributed by atoms with Crippen LogP contribution in [0.4, 0.5) is 11.4 Å². The molecule has 1 aromatic carbocycles. The maximum absolute atomic E-state index is 5.70. The summed E-state index contributed by atoms with van der Waals surface area (Å²) in [5.74, 6) is 1.23. The number of nitrogens with zero attached hydrogens (tertiary/aromatic N) is 2. The minimum Gasteiger partial charge on any atom is -0.495 e. The number of benzene rings is 1. The molecule has 0 amide bonds. The zero-order chi connectivity index (χ0) is 11.4. The van der Waals surface area contributed by atoms with Gasteiger partial charge in [0, 0.05) is 11.8 Å². The van der Waals surface area contributed by atoms with Crippen molar-refractivity contribution in [3.63, 3.8) is 0 Å². The minimum absolute atomic E-state index is 0.490. The van der Waals surface area contributed by atoms with Crippen LogP contribution in [0.2, 0.25) is 0 Å². The van der Waals surface area contributed by atoms with E-state index < -0.39 is 0 Å². The van der Waals surface area contributed by atoms with E-state index in [0.29, 0.717) is 23.8 Å². The monoisotopic (exact) mass is 220 g/mol. The van der Waals surface area contributed by atoms with E-state index in [4.69, 9.17) is 10.5 Å². The summed E-state index contributed by atoms with van der Waals surface area (Å²) >= 11 is 0. The second-order valence-corrected chi connectivity index (χ2v) is 3.16. The van der Waals surface area contributed by atoms with Gasteiger partial charge in [0.15, 0.2) is 5.82 Å². The zero-order valence-electron chi connectivity index (χ0n) is 8.80.